The van der Waals surface area contributed by atoms with E-state index < -0.39 is 6.03 Å². The molecule has 0 unspecified atom stereocenters. The highest BCUT2D eigenvalue weighted by Gasteiger charge is 2.27. The lowest BCUT2D eigenvalue weighted by atomic mass is 10.2. The molecule has 0 aliphatic carbocycles. The van der Waals surface area contributed by atoms with Gasteiger partial charge in [-0.25, -0.2) is 0 Å². The van der Waals surface area contributed by atoms with E-state index in [-0.39, 0.29) is 0 Å². The maximum Gasteiger partial charge on any atom is 0.286 e. The molecule has 0 radical (unpaired) electrons. The van der Waals surface area contributed by atoms with Crippen molar-refractivity contribution in [2.75, 3.05) is 13.2 Å². The Morgan fingerprint density at radius 2 is 1.78 bits per heavy atom. The average molecular weight is 132 g/mol. The van der Waals surface area contributed by atoms with Crippen LogP contribution in [0.25, 0.3) is 0 Å². The van der Waals surface area contributed by atoms with Gasteiger partial charge in [-0.1, -0.05) is 6.92 Å². The molecule has 1 aliphatic rings. The molecule has 1 heterocycles. The van der Waals surface area contributed by atoms with Crippen molar-refractivity contribution < 1.29 is 9.47 Å². The Morgan fingerprint density at radius 1 is 1.33 bits per heavy atom. The molecule has 1 saturated heterocycles. The smallest absolute Gasteiger partial charge is 0.286 e. The zero-order chi connectivity index (χ0) is 6.91. The Morgan fingerprint density at radius 3 is 2.11 bits per heavy atom. The summed E-state index contributed by atoms with van der Waals surface area (Å²) < 4.78 is 9.82. The second-order valence-electron chi connectivity index (χ2n) is 2.45. The molecule has 1 aliphatic heterocycles. The maximum absolute atomic E-state index is 5.27. The first-order valence-corrected chi connectivity index (χ1v) is 2.96. The van der Waals surface area contributed by atoms with Crippen LogP contribution in [-0.4, -0.2) is 19.2 Å². The van der Waals surface area contributed by atoms with E-state index in [1.165, 1.54) is 0 Å². The van der Waals surface area contributed by atoms with Crippen molar-refractivity contribution in [1.29, 1.82) is 0 Å². The van der Waals surface area contributed by atoms with Crippen LogP contribution in [0.5, 0.6) is 0 Å². The van der Waals surface area contributed by atoms with E-state index >= 15 is 0 Å². The minimum atomic E-state index is -1.34. The fourth-order valence-corrected chi connectivity index (χ4v) is 0.635. The van der Waals surface area contributed by atoms with Crippen molar-refractivity contribution in [3.63, 3.8) is 0 Å². The molecule has 4 N–H and O–H groups in total. The minimum Gasteiger partial charge on any atom is -0.325 e. The lowest BCUT2D eigenvalue weighted by Crippen LogP contribution is -2.58. The van der Waals surface area contributed by atoms with Crippen LogP contribution < -0.4 is 11.5 Å². The van der Waals surface area contributed by atoms with Gasteiger partial charge in [0.15, 0.2) is 0 Å². The molecule has 0 amide bonds. The Kier molecular flexibility index (Phi) is 1.72. The van der Waals surface area contributed by atoms with Crippen molar-refractivity contribution in [1.82, 2.24) is 0 Å². The van der Waals surface area contributed by atoms with E-state index in [9.17, 15) is 0 Å². The summed E-state index contributed by atoms with van der Waals surface area (Å²) in [5.74, 6) is 0.394. The summed E-state index contributed by atoms with van der Waals surface area (Å²) in [6, 6.07) is -1.34. The van der Waals surface area contributed by atoms with Gasteiger partial charge in [0.2, 0.25) is 0 Å². The highest BCUT2D eigenvalue weighted by molar-refractivity contribution is 4.60. The molecule has 0 aromatic rings. The van der Waals surface area contributed by atoms with Gasteiger partial charge in [0.05, 0.1) is 13.2 Å². The van der Waals surface area contributed by atoms with Gasteiger partial charge in [-0.15, -0.1) is 0 Å². The number of ether oxygens (including phenoxy) is 2. The van der Waals surface area contributed by atoms with Crippen LogP contribution in [0.2, 0.25) is 0 Å². The van der Waals surface area contributed by atoms with Gasteiger partial charge < -0.3 is 9.47 Å². The van der Waals surface area contributed by atoms with Crippen LogP contribution in [0, 0.1) is 5.92 Å². The summed E-state index contributed by atoms with van der Waals surface area (Å²) in [6.07, 6.45) is 0. The Labute approximate surface area is 54.1 Å². The molecule has 0 spiro atoms. The van der Waals surface area contributed by atoms with E-state index in [1.807, 2.05) is 6.92 Å². The monoisotopic (exact) mass is 132 g/mol. The van der Waals surface area contributed by atoms with Gasteiger partial charge in [0.25, 0.3) is 6.03 Å². The highest BCUT2D eigenvalue weighted by atomic mass is 16.7. The molecular weight excluding hydrogens is 120 g/mol. The SMILES string of the molecule is CC1COC(N)(N)OC1. The van der Waals surface area contributed by atoms with E-state index in [2.05, 4.69) is 0 Å². The zero-order valence-electron chi connectivity index (χ0n) is 5.46. The number of hydrogen-bond acceptors (Lipinski definition) is 4. The van der Waals surface area contributed by atoms with Crippen molar-refractivity contribution in [3.8, 4) is 0 Å². The molecule has 1 rings (SSSR count). The molecule has 0 aromatic carbocycles. The van der Waals surface area contributed by atoms with Crippen molar-refractivity contribution in [3.05, 3.63) is 0 Å². The van der Waals surface area contributed by atoms with Crippen LogP contribution in [0.3, 0.4) is 0 Å². The second-order valence-corrected chi connectivity index (χ2v) is 2.45. The van der Waals surface area contributed by atoms with E-state index in [0.29, 0.717) is 19.1 Å². The van der Waals surface area contributed by atoms with Gasteiger partial charge in [-0.05, 0) is 0 Å². The lowest BCUT2D eigenvalue weighted by molar-refractivity contribution is -0.274. The van der Waals surface area contributed by atoms with Crippen LogP contribution in [0.1, 0.15) is 6.92 Å². The quantitative estimate of drug-likeness (QED) is 0.423. The summed E-state index contributed by atoms with van der Waals surface area (Å²) in [7, 11) is 0. The summed E-state index contributed by atoms with van der Waals surface area (Å²) in [5, 5.41) is 0. The fraction of sp³-hybridized carbons (Fsp3) is 1.00. The number of hydrogen-bond donors (Lipinski definition) is 2. The molecule has 4 heteroatoms. The van der Waals surface area contributed by atoms with Crippen molar-refractivity contribution >= 4 is 0 Å². The van der Waals surface area contributed by atoms with E-state index in [1.54, 1.807) is 0 Å². The van der Waals surface area contributed by atoms with Crippen molar-refractivity contribution in [2.45, 2.75) is 13.0 Å². The Bertz CT molecular complexity index is 95.1. The first-order valence-electron chi connectivity index (χ1n) is 2.96. The molecule has 0 aromatic heterocycles. The lowest BCUT2D eigenvalue weighted by Gasteiger charge is -2.32. The molecule has 1 fully saturated rings. The topological polar surface area (TPSA) is 70.5 Å². The third-order valence-corrected chi connectivity index (χ3v) is 1.19. The molecule has 4 nitrogen and oxygen atoms in total. The van der Waals surface area contributed by atoms with Gasteiger partial charge in [0, 0.05) is 5.92 Å². The highest BCUT2D eigenvalue weighted by Crippen LogP contribution is 2.10. The third-order valence-electron chi connectivity index (χ3n) is 1.19. The fourth-order valence-electron chi connectivity index (χ4n) is 0.635. The van der Waals surface area contributed by atoms with E-state index in [0.717, 1.165) is 0 Å². The van der Waals surface area contributed by atoms with Crippen molar-refractivity contribution in [2.24, 2.45) is 17.4 Å². The Hall–Kier alpha value is -0.160. The molecule has 54 valence electrons. The largest absolute Gasteiger partial charge is 0.325 e. The molecule has 0 saturated carbocycles. The van der Waals surface area contributed by atoms with Gasteiger partial charge >= 0.3 is 0 Å². The van der Waals surface area contributed by atoms with Crippen LogP contribution >= 0.6 is 0 Å². The summed E-state index contributed by atoms with van der Waals surface area (Å²) in [5.41, 5.74) is 10.5. The predicted octanol–water partition coefficient (Wildman–Crippen LogP) is -0.802. The van der Waals surface area contributed by atoms with Gasteiger partial charge in [0.1, 0.15) is 0 Å². The standard InChI is InChI=1S/C5H12N2O2/c1-4-2-8-5(6,7)9-3-4/h4H,2-3,6-7H2,1H3. The molecule has 0 bridgehead atoms. The predicted molar refractivity (Wildman–Crippen MR) is 32.2 cm³/mol. The number of rotatable bonds is 0. The second kappa shape index (κ2) is 2.22. The van der Waals surface area contributed by atoms with Crippen LogP contribution in [0.4, 0.5) is 0 Å². The first-order chi connectivity index (χ1) is 4.10. The number of nitrogens with two attached hydrogens (primary N) is 2. The zero-order valence-corrected chi connectivity index (χ0v) is 5.46. The third kappa shape index (κ3) is 1.91. The van der Waals surface area contributed by atoms with Crippen LogP contribution in [-0.2, 0) is 9.47 Å². The normalized spacial score (nSPS) is 28.3. The van der Waals surface area contributed by atoms with Gasteiger partial charge in [-0.2, -0.15) is 0 Å². The molecule has 0 atom stereocenters. The Balaban J connectivity index is 2.35. The average Bonchev–Trinajstić information content (AvgIpc) is 1.78. The molecule has 9 heavy (non-hydrogen) atoms. The van der Waals surface area contributed by atoms with Gasteiger partial charge in [-0.3, -0.25) is 11.5 Å². The molecular formula is C5H12N2O2. The minimum absolute atomic E-state index is 0.394. The summed E-state index contributed by atoms with van der Waals surface area (Å²) in [6.45, 7) is 3.16. The summed E-state index contributed by atoms with van der Waals surface area (Å²) in [4.78, 5) is 0. The van der Waals surface area contributed by atoms with E-state index in [4.69, 9.17) is 20.9 Å². The maximum atomic E-state index is 5.27. The summed E-state index contributed by atoms with van der Waals surface area (Å²) >= 11 is 0. The first kappa shape index (κ1) is 6.95. The van der Waals surface area contributed by atoms with Crippen LogP contribution in [0.15, 0.2) is 0 Å².